The highest BCUT2D eigenvalue weighted by Crippen LogP contribution is 2.29. The molecule has 94 valence electrons. The van der Waals surface area contributed by atoms with Gasteiger partial charge in [0.1, 0.15) is 11.6 Å². The number of nitrogens with zero attached hydrogens (tertiary/aromatic N) is 2. The molecule has 0 aliphatic carbocycles. The zero-order chi connectivity index (χ0) is 13.0. The SMILES string of the molecule is N#C/C(=C\c1ccc(N2CCCCC2)s1)C(=O)O. The predicted octanol–water partition coefficient (Wildman–Crippen LogP) is 2.73. The van der Waals surface area contributed by atoms with Crippen LogP contribution in [0.3, 0.4) is 0 Å². The smallest absolute Gasteiger partial charge is 0.346 e. The van der Waals surface area contributed by atoms with Crippen LogP contribution in [0.1, 0.15) is 24.1 Å². The number of carboxylic acids is 1. The van der Waals surface area contributed by atoms with Crippen LogP contribution in [-0.4, -0.2) is 24.2 Å². The van der Waals surface area contributed by atoms with Crippen molar-refractivity contribution < 1.29 is 9.90 Å². The summed E-state index contributed by atoms with van der Waals surface area (Å²) in [6.07, 6.45) is 5.13. The fraction of sp³-hybridized carbons (Fsp3) is 0.385. The minimum absolute atomic E-state index is 0.220. The molecule has 2 heterocycles. The van der Waals surface area contributed by atoms with Crippen LogP contribution in [0, 0.1) is 11.3 Å². The third kappa shape index (κ3) is 2.90. The Balaban J connectivity index is 2.15. The first-order valence-electron chi connectivity index (χ1n) is 5.90. The van der Waals surface area contributed by atoms with Gasteiger partial charge in [0, 0.05) is 18.0 Å². The fourth-order valence-corrected chi connectivity index (χ4v) is 2.99. The molecule has 2 rings (SSSR count). The number of hydrogen-bond acceptors (Lipinski definition) is 4. The Morgan fingerprint density at radius 1 is 1.39 bits per heavy atom. The normalized spacial score (nSPS) is 16.4. The van der Waals surface area contributed by atoms with E-state index >= 15 is 0 Å². The molecule has 18 heavy (non-hydrogen) atoms. The average molecular weight is 262 g/mol. The van der Waals surface area contributed by atoms with Crippen molar-refractivity contribution in [2.45, 2.75) is 19.3 Å². The summed E-state index contributed by atoms with van der Waals surface area (Å²) in [4.78, 5) is 13.9. The van der Waals surface area contributed by atoms with Gasteiger partial charge in [-0.3, -0.25) is 0 Å². The second-order valence-corrected chi connectivity index (χ2v) is 5.29. The summed E-state index contributed by atoms with van der Waals surface area (Å²) in [6.45, 7) is 2.13. The Labute approximate surface area is 110 Å². The zero-order valence-electron chi connectivity index (χ0n) is 9.93. The molecule has 1 aliphatic heterocycles. The van der Waals surface area contributed by atoms with Gasteiger partial charge in [-0.1, -0.05) is 0 Å². The molecule has 1 fully saturated rings. The van der Waals surface area contributed by atoms with Crippen molar-refractivity contribution in [1.29, 1.82) is 5.26 Å². The minimum atomic E-state index is -1.18. The van der Waals surface area contributed by atoms with E-state index in [0.717, 1.165) is 23.0 Å². The van der Waals surface area contributed by atoms with Crippen molar-refractivity contribution in [1.82, 2.24) is 0 Å². The lowest BCUT2D eigenvalue weighted by atomic mass is 10.1. The summed E-state index contributed by atoms with van der Waals surface area (Å²) < 4.78 is 0. The third-order valence-corrected chi connectivity index (χ3v) is 4.01. The van der Waals surface area contributed by atoms with E-state index in [1.54, 1.807) is 6.07 Å². The first kappa shape index (κ1) is 12.7. The van der Waals surface area contributed by atoms with Crippen LogP contribution in [0.2, 0.25) is 0 Å². The lowest BCUT2D eigenvalue weighted by molar-refractivity contribution is -0.132. The van der Waals surface area contributed by atoms with E-state index in [4.69, 9.17) is 10.4 Å². The second-order valence-electron chi connectivity index (χ2n) is 4.20. The molecule has 0 radical (unpaired) electrons. The van der Waals surface area contributed by atoms with Crippen molar-refractivity contribution in [2.75, 3.05) is 18.0 Å². The van der Waals surface area contributed by atoms with Crippen LogP contribution >= 0.6 is 11.3 Å². The van der Waals surface area contributed by atoms with E-state index in [1.165, 1.54) is 36.7 Å². The van der Waals surface area contributed by atoms with Crippen molar-refractivity contribution in [3.63, 3.8) is 0 Å². The van der Waals surface area contributed by atoms with E-state index in [-0.39, 0.29) is 5.57 Å². The Morgan fingerprint density at radius 3 is 2.72 bits per heavy atom. The lowest BCUT2D eigenvalue weighted by Gasteiger charge is -2.27. The third-order valence-electron chi connectivity index (χ3n) is 2.92. The van der Waals surface area contributed by atoms with Gasteiger partial charge in [0.25, 0.3) is 0 Å². The maximum atomic E-state index is 10.7. The monoisotopic (exact) mass is 262 g/mol. The highest BCUT2D eigenvalue weighted by atomic mass is 32.1. The van der Waals surface area contributed by atoms with Gasteiger partial charge in [0.05, 0.1) is 5.00 Å². The number of nitriles is 1. The molecule has 0 atom stereocenters. The van der Waals surface area contributed by atoms with Crippen LogP contribution < -0.4 is 4.90 Å². The van der Waals surface area contributed by atoms with Gasteiger partial charge < -0.3 is 10.0 Å². The van der Waals surface area contributed by atoms with Crippen molar-refractivity contribution >= 4 is 28.4 Å². The first-order chi connectivity index (χ1) is 8.70. The molecule has 0 spiro atoms. The zero-order valence-corrected chi connectivity index (χ0v) is 10.7. The van der Waals surface area contributed by atoms with Crippen LogP contribution in [0.15, 0.2) is 17.7 Å². The van der Waals surface area contributed by atoms with Crippen molar-refractivity contribution in [3.8, 4) is 6.07 Å². The quantitative estimate of drug-likeness (QED) is 0.672. The van der Waals surface area contributed by atoms with Crippen LogP contribution in [0.4, 0.5) is 5.00 Å². The maximum Gasteiger partial charge on any atom is 0.346 e. The van der Waals surface area contributed by atoms with E-state index < -0.39 is 5.97 Å². The molecule has 4 nitrogen and oxygen atoms in total. The van der Waals surface area contributed by atoms with Gasteiger partial charge in [-0.25, -0.2) is 4.79 Å². The predicted molar refractivity (Wildman–Crippen MR) is 71.6 cm³/mol. The number of aliphatic carboxylic acids is 1. The van der Waals surface area contributed by atoms with Crippen molar-refractivity contribution in [2.24, 2.45) is 0 Å². The van der Waals surface area contributed by atoms with Gasteiger partial charge >= 0.3 is 5.97 Å². The van der Waals surface area contributed by atoms with E-state index in [0.29, 0.717) is 0 Å². The number of rotatable bonds is 3. The summed E-state index contributed by atoms with van der Waals surface area (Å²) in [5.74, 6) is -1.18. The summed E-state index contributed by atoms with van der Waals surface area (Å²) in [6, 6.07) is 5.56. The minimum Gasteiger partial charge on any atom is -0.477 e. The van der Waals surface area contributed by atoms with Gasteiger partial charge in [0.15, 0.2) is 0 Å². The Kier molecular flexibility index (Phi) is 4.00. The van der Waals surface area contributed by atoms with E-state index in [1.807, 2.05) is 12.1 Å². The molecule has 0 saturated carbocycles. The molecule has 1 saturated heterocycles. The van der Waals surface area contributed by atoms with Gasteiger partial charge in [-0.2, -0.15) is 5.26 Å². The largest absolute Gasteiger partial charge is 0.477 e. The summed E-state index contributed by atoms with van der Waals surface area (Å²) in [5, 5.41) is 18.7. The second kappa shape index (κ2) is 5.69. The number of hydrogen-bond donors (Lipinski definition) is 1. The van der Waals surface area contributed by atoms with Gasteiger partial charge in [-0.05, 0) is 37.5 Å². The summed E-state index contributed by atoms with van der Waals surface area (Å²) in [7, 11) is 0. The number of thiophene rings is 1. The van der Waals surface area contributed by atoms with Gasteiger partial charge in [0.2, 0.25) is 0 Å². The Hall–Kier alpha value is -1.80. The van der Waals surface area contributed by atoms with Crippen molar-refractivity contribution in [3.05, 3.63) is 22.6 Å². The number of carbonyl (C=O) groups is 1. The van der Waals surface area contributed by atoms with Crippen LogP contribution in [-0.2, 0) is 4.79 Å². The highest BCUT2D eigenvalue weighted by Gasteiger charge is 2.13. The molecule has 0 unspecified atom stereocenters. The molecule has 0 aromatic carbocycles. The van der Waals surface area contributed by atoms with E-state index in [2.05, 4.69) is 4.90 Å². The van der Waals surface area contributed by atoms with Gasteiger partial charge in [-0.15, -0.1) is 11.3 Å². The first-order valence-corrected chi connectivity index (χ1v) is 6.72. The summed E-state index contributed by atoms with van der Waals surface area (Å²) in [5.41, 5.74) is -0.220. The number of carboxylic acid groups (broad SMARTS) is 1. The molecule has 0 bridgehead atoms. The Bertz CT molecular complexity index is 507. The molecule has 1 aliphatic rings. The molecule has 1 aromatic rings. The van der Waals surface area contributed by atoms with E-state index in [9.17, 15) is 4.79 Å². The number of anilines is 1. The topological polar surface area (TPSA) is 64.3 Å². The molecule has 5 heteroatoms. The molecular formula is C13H14N2O2S. The maximum absolute atomic E-state index is 10.7. The number of piperidine rings is 1. The lowest BCUT2D eigenvalue weighted by Crippen LogP contribution is -2.28. The van der Waals surface area contributed by atoms with Crippen LogP contribution in [0.25, 0.3) is 6.08 Å². The Morgan fingerprint density at radius 2 is 2.11 bits per heavy atom. The molecule has 1 N–H and O–H groups in total. The average Bonchev–Trinajstić information content (AvgIpc) is 2.85. The highest BCUT2D eigenvalue weighted by molar-refractivity contribution is 7.16. The standard InChI is InChI=1S/C13H14N2O2S/c14-9-10(13(16)17)8-11-4-5-12(18-11)15-6-2-1-3-7-15/h4-5,8H,1-3,6-7H2,(H,16,17)/b10-8+. The fourth-order valence-electron chi connectivity index (χ4n) is 1.99. The van der Waals surface area contributed by atoms with Crippen LogP contribution in [0.5, 0.6) is 0 Å². The summed E-state index contributed by atoms with van der Waals surface area (Å²) >= 11 is 1.54. The molecular weight excluding hydrogens is 248 g/mol. The molecule has 1 aromatic heterocycles. The molecule has 0 amide bonds.